The van der Waals surface area contributed by atoms with Crippen molar-refractivity contribution in [1.82, 2.24) is 0 Å². The number of ether oxygens (including phenoxy) is 2. The molecular formula is C11H12Cl2O3. The van der Waals surface area contributed by atoms with Crippen LogP contribution in [0.5, 0.6) is 5.75 Å². The lowest BCUT2D eigenvalue weighted by Gasteiger charge is -2.06. The van der Waals surface area contributed by atoms with E-state index in [1.165, 1.54) is 7.11 Å². The van der Waals surface area contributed by atoms with E-state index in [0.29, 0.717) is 35.2 Å². The summed E-state index contributed by atoms with van der Waals surface area (Å²) in [6.45, 7) is 0.438. The minimum atomic E-state index is -0.238. The van der Waals surface area contributed by atoms with Crippen molar-refractivity contribution in [2.75, 3.05) is 13.7 Å². The summed E-state index contributed by atoms with van der Waals surface area (Å²) < 4.78 is 9.89. The quantitative estimate of drug-likeness (QED) is 0.603. The SMILES string of the molecule is COC(=O)CCCOc1ccc(Cl)c(Cl)c1. The highest BCUT2D eigenvalue weighted by molar-refractivity contribution is 6.42. The van der Waals surface area contributed by atoms with Gasteiger partial charge in [0.05, 0.1) is 23.8 Å². The van der Waals surface area contributed by atoms with Crippen molar-refractivity contribution >= 4 is 29.2 Å². The van der Waals surface area contributed by atoms with E-state index in [0.717, 1.165) is 0 Å². The number of carbonyl (C=O) groups excluding carboxylic acids is 1. The van der Waals surface area contributed by atoms with Crippen LogP contribution in [0, 0.1) is 0 Å². The second-order valence-electron chi connectivity index (χ2n) is 3.10. The zero-order valence-corrected chi connectivity index (χ0v) is 10.3. The number of hydrogen-bond acceptors (Lipinski definition) is 3. The molecule has 0 aliphatic heterocycles. The van der Waals surface area contributed by atoms with E-state index < -0.39 is 0 Å². The highest BCUT2D eigenvalue weighted by Crippen LogP contribution is 2.26. The Hall–Kier alpha value is -0.930. The molecule has 0 aliphatic carbocycles. The van der Waals surface area contributed by atoms with Gasteiger partial charge < -0.3 is 9.47 Å². The third-order valence-corrected chi connectivity index (χ3v) is 2.65. The molecule has 0 N–H and O–H groups in total. The predicted molar refractivity (Wildman–Crippen MR) is 63.2 cm³/mol. The van der Waals surface area contributed by atoms with Crippen molar-refractivity contribution in [3.8, 4) is 5.75 Å². The maximum Gasteiger partial charge on any atom is 0.305 e. The second-order valence-corrected chi connectivity index (χ2v) is 3.92. The van der Waals surface area contributed by atoms with Gasteiger partial charge in [0.25, 0.3) is 0 Å². The van der Waals surface area contributed by atoms with Gasteiger partial charge in [0.1, 0.15) is 5.75 Å². The number of hydrogen-bond donors (Lipinski definition) is 0. The summed E-state index contributed by atoms with van der Waals surface area (Å²) in [5.41, 5.74) is 0. The van der Waals surface area contributed by atoms with Gasteiger partial charge in [-0.15, -0.1) is 0 Å². The Kier molecular flexibility index (Phi) is 5.43. The Morgan fingerprint density at radius 3 is 2.69 bits per heavy atom. The van der Waals surface area contributed by atoms with E-state index >= 15 is 0 Å². The Balaban J connectivity index is 2.32. The third-order valence-electron chi connectivity index (χ3n) is 1.91. The first-order valence-corrected chi connectivity index (χ1v) is 5.53. The molecule has 0 aromatic heterocycles. The van der Waals surface area contributed by atoms with Crippen LogP contribution in [-0.2, 0) is 9.53 Å². The smallest absolute Gasteiger partial charge is 0.305 e. The van der Waals surface area contributed by atoms with Crippen molar-refractivity contribution in [3.05, 3.63) is 28.2 Å². The molecule has 0 fully saturated rings. The van der Waals surface area contributed by atoms with Crippen molar-refractivity contribution in [2.24, 2.45) is 0 Å². The Morgan fingerprint density at radius 2 is 2.06 bits per heavy atom. The highest BCUT2D eigenvalue weighted by atomic mass is 35.5. The lowest BCUT2D eigenvalue weighted by atomic mass is 10.3. The molecule has 5 heteroatoms. The maximum atomic E-state index is 10.8. The summed E-state index contributed by atoms with van der Waals surface area (Å²) in [5.74, 6) is 0.400. The van der Waals surface area contributed by atoms with E-state index in [4.69, 9.17) is 27.9 Å². The van der Waals surface area contributed by atoms with E-state index in [-0.39, 0.29) is 5.97 Å². The Labute approximate surface area is 104 Å². The van der Waals surface area contributed by atoms with Crippen LogP contribution in [0.2, 0.25) is 10.0 Å². The molecule has 16 heavy (non-hydrogen) atoms. The van der Waals surface area contributed by atoms with E-state index in [2.05, 4.69) is 4.74 Å². The molecular weight excluding hydrogens is 251 g/mol. The molecule has 1 aromatic rings. The van der Waals surface area contributed by atoms with Gasteiger partial charge >= 0.3 is 5.97 Å². The normalized spacial score (nSPS) is 9.94. The molecule has 0 spiro atoms. The van der Waals surface area contributed by atoms with Crippen molar-refractivity contribution in [2.45, 2.75) is 12.8 Å². The minimum absolute atomic E-state index is 0.238. The average molecular weight is 263 g/mol. The first kappa shape index (κ1) is 13.1. The molecule has 0 atom stereocenters. The number of halogens is 2. The summed E-state index contributed by atoms with van der Waals surface area (Å²) in [6.07, 6.45) is 0.949. The fourth-order valence-corrected chi connectivity index (χ4v) is 1.36. The van der Waals surface area contributed by atoms with Crippen LogP contribution in [0.3, 0.4) is 0 Å². The lowest BCUT2D eigenvalue weighted by Crippen LogP contribution is -2.04. The highest BCUT2D eigenvalue weighted by Gasteiger charge is 2.02. The molecule has 3 nitrogen and oxygen atoms in total. The zero-order valence-electron chi connectivity index (χ0n) is 8.83. The Bertz CT molecular complexity index is 366. The van der Waals surface area contributed by atoms with Gasteiger partial charge in [-0.2, -0.15) is 0 Å². The predicted octanol–water partition coefficient (Wildman–Crippen LogP) is 3.33. The van der Waals surface area contributed by atoms with Gasteiger partial charge in [-0.3, -0.25) is 4.79 Å². The van der Waals surface area contributed by atoms with Crippen molar-refractivity contribution in [1.29, 1.82) is 0 Å². The topological polar surface area (TPSA) is 35.5 Å². The lowest BCUT2D eigenvalue weighted by molar-refractivity contribution is -0.140. The van der Waals surface area contributed by atoms with Gasteiger partial charge in [-0.25, -0.2) is 0 Å². The molecule has 0 unspecified atom stereocenters. The number of rotatable bonds is 5. The van der Waals surface area contributed by atoms with Gasteiger partial charge in [0.2, 0.25) is 0 Å². The number of methoxy groups -OCH3 is 1. The van der Waals surface area contributed by atoms with Gasteiger partial charge in [0.15, 0.2) is 0 Å². The van der Waals surface area contributed by atoms with Gasteiger partial charge in [0, 0.05) is 12.5 Å². The fraction of sp³-hybridized carbons (Fsp3) is 0.364. The summed E-state index contributed by atoms with van der Waals surface area (Å²) in [4.78, 5) is 10.8. The van der Waals surface area contributed by atoms with Crippen LogP contribution in [0.25, 0.3) is 0 Å². The van der Waals surface area contributed by atoms with Crippen molar-refractivity contribution in [3.63, 3.8) is 0 Å². The Morgan fingerprint density at radius 1 is 1.31 bits per heavy atom. The second kappa shape index (κ2) is 6.61. The molecule has 0 bridgehead atoms. The molecule has 0 heterocycles. The number of carbonyl (C=O) groups is 1. The molecule has 0 radical (unpaired) electrons. The maximum absolute atomic E-state index is 10.8. The molecule has 1 aromatic carbocycles. The molecule has 0 saturated carbocycles. The van der Waals surface area contributed by atoms with Crippen LogP contribution in [0.4, 0.5) is 0 Å². The fourth-order valence-electron chi connectivity index (χ4n) is 1.08. The van der Waals surface area contributed by atoms with E-state index in [1.54, 1.807) is 18.2 Å². The average Bonchev–Trinajstić information content (AvgIpc) is 2.28. The zero-order chi connectivity index (χ0) is 12.0. The summed E-state index contributed by atoms with van der Waals surface area (Å²) in [7, 11) is 1.36. The van der Waals surface area contributed by atoms with Gasteiger partial charge in [-0.05, 0) is 18.6 Å². The number of esters is 1. The summed E-state index contributed by atoms with van der Waals surface area (Å²) in [5, 5.41) is 0.940. The number of benzene rings is 1. The molecule has 0 saturated heterocycles. The van der Waals surface area contributed by atoms with Crippen LogP contribution < -0.4 is 4.74 Å². The summed E-state index contributed by atoms with van der Waals surface area (Å²) in [6, 6.07) is 5.04. The summed E-state index contributed by atoms with van der Waals surface area (Å²) >= 11 is 11.6. The van der Waals surface area contributed by atoms with Crippen LogP contribution >= 0.6 is 23.2 Å². The molecule has 0 aliphatic rings. The van der Waals surface area contributed by atoms with Crippen LogP contribution in [0.15, 0.2) is 18.2 Å². The van der Waals surface area contributed by atoms with E-state index in [1.807, 2.05) is 0 Å². The molecule has 1 rings (SSSR count). The van der Waals surface area contributed by atoms with E-state index in [9.17, 15) is 4.79 Å². The third kappa shape index (κ3) is 4.29. The van der Waals surface area contributed by atoms with Crippen LogP contribution in [0.1, 0.15) is 12.8 Å². The van der Waals surface area contributed by atoms with Crippen LogP contribution in [-0.4, -0.2) is 19.7 Å². The first-order chi connectivity index (χ1) is 7.63. The molecule has 0 amide bonds. The first-order valence-electron chi connectivity index (χ1n) is 4.78. The molecule has 88 valence electrons. The monoisotopic (exact) mass is 262 g/mol. The van der Waals surface area contributed by atoms with Crippen molar-refractivity contribution < 1.29 is 14.3 Å². The van der Waals surface area contributed by atoms with Gasteiger partial charge in [-0.1, -0.05) is 23.2 Å². The largest absolute Gasteiger partial charge is 0.494 e. The minimum Gasteiger partial charge on any atom is -0.494 e. The standard InChI is InChI=1S/C11H12Cl2O3/c1-15-11(14)3-2-6-16-8-4-5-9(12)10(13)7-8/h4-5,7H,2-3,6H2,1H3.